The van der Waals surface area contributed by atoms with Crippen molar-refractivity contribution < 1.29 is 57.5 Å². The van der Waals surface area contributed by atoms with Crippen LogP contribution in [0.2, 0.25) is 0 Å². The van der Waals surface area contributed by atoms with Crippen molar-refractivity contribution in [3.8, 4) is 0 Å². The van der Waals surface area contributed by atoms with Crippen molar-refractivity contribution in [1.29, 1.82) is 0 Å². The van der Waals surface area contributed by atoms with Crippen LogP contribution >= 0.6 is 0 Å². The van der Waals surface area contributed by atoms with Crippen molar-refractivity contribution in [3.05, 3.63) is 0 Å². The minimum absolute atomic E-state index is 0. The van der Waals surface area contributed by atoms with Gasteiger partial charge in [0.05, 0.1) is 0 Å². The first-order chi connectivity index (χ1) is 2.45. The van der Waals surface area contributed by atoms with Crippen LogP contribution in [0.25, 0.3) is 0 Å². The second-order valence-corrected chi connectivity index (χ2v) is 3.21. The Morgan fingerprint density at radius 3 is 0.429 bits per heavy atom. The summed E-state index contributed by atoms with van der Waals surface area (Å²) >= 11 is 0. The summed E-state index contributed by atoms with van der Waals surface area (Å²) in [7, 11) is -10.8. The summed E-state index contributed by atoms with van der Waals surface area (Å²) in [5.74, 6) is 0. The molecule has 0 aromatic carbocycles. The van der Waals surface area contributed by atoms with Gasteiger partial charge in [-0.25, -0.2) is 0 Å². The van der Waals surface area contributed by atoms with Gasteiger partial charge in [0.1, 0.15) is 0 Å². The average Bonchev–Trinajstić information content (AvgIpc) is 0.592. The third kappa shape index (κ3) is 15100. The van der Waals surface area contributed by atoms with E-state index in [4.69, 9.17) is 0 Å². The monoisotopic (exact) mass is 268 g/mol. The fourth-order valence-corrected chi connectivity index (χ4v) is 0. The van der Waals surface area contributed by atoms with Gasteiger partial charge >= 0.3 is 56.3 Å². The van der Waals surface area contributed by atoms with Crippen molar-refractivity contribution in [2.45, 2.75) is 0 Å². The van der Waals surface area contributed by atoms with Crippen LogP contribution in [-0.4, -0.2) is 64.5 Å². The van der Waals surface area contributed by atoms with Gasteiger partial charge in [-0.2, -0.15) is 0 Å². The summed E-state index contributed by atoms with van der Waals surface area (Å²) in [6.45, 7) is 0. The van der Waals surface area contributed by atoms with E-state index in [1.807, 2.05) is 0 Å². The number of hydrogen-bond donors (Lipinski definition) is 0. The smallest absolute Gasteiger partial charge is 0.870 e. The normalized spacial score (nSPS) is 11.6. The molecule has 0 aliphatic rings. The molecule has 0 aliphatic carbocycles. The predicted molar refractivity (Wildman–Crippen MR) is 29.8 cm³/mol. The van der Waals surface area contributed by atoms with Crippen molar-refractivity contribution >= 4 is 31.7 Å². The summed E-state index contributed by atoms with van der Waals surface area (Å²) in [6, 6.07) is 0. The maximum absolute atomic E-state index is 10.8. The predicted octanol–water partition coefficient (Wildman–Crippen LogP) is 0.699. The van der Waals surface area contributed by atoms with Crippen LogP contribution in [-0.2, 0) is 0 Å². The fourth-order valence-electron chi connectivity index (χ4n) is 0. The summed E-state index contributed by atoms with van der Waals surface area (Å²) < 4.78 is 59.3. The van der Waals surface area contributed by atoms with E-state index in [1.54, 1.807) is 0 Å². The maximum atomic E-state index is 9.88. The van der Waals surface area contributed by atoms with Gasteiger partial charge < -0.3 is 32.9 Å². The summed E-state index contributed by atoms with van der Waals surface area (Å²) in [5, 5.41) is 0. The van der Waals surface area contributed by atoms with E-state index in [-0.39, 0.29) is 55.9 Å². The van der Waals surface area contributed by atoms with E-state index in [0.29, 0.717) is 0 Å². The van der Waals surface area contributed by atoms with Gasteiger partial charge in [-0.1, -0.05) is 0 Å². The third-order valence-corrected chi connectivity index (χ3v) is 0. The molecule has 6 nitrogen and oxygen atoms in total. The van der Waals surface area contributed by atoms with E-state index in [1.165, 1.54) is 0 Å². The van der Waals surface area contributed by atoms with Crippen LogP contribution in [0.1, 0.15) is 0 Å². The van der Waals surface area contributed by atoms with Crippen molar-refractivity contribution in [3.63, 3.8) is 0 Å². The standard InChI is InChI=1S/F6Si.Mg.6H2O/c1-7(2,3,4,5)6;;;;;;;/h;;6*1H2/q-2;+2;;;;;;/p-6. The minimum atomic E-state index is -10.8. The zero-order chi connectivity index (χ0) is 6.41. The maximum Gasteiger partial charge on any atom is 2.00 e. The van der Waals surface area contributed by atoms with Crippen molar-refractivity contribution in [2.24, 2.45) is 0 Å². The molecular formula is H6F6MgO6Si-6. The van der Waals surface area contributed by atoms with Gasteiger partial charge in [0, 0.05) is 0 Å². The molecule has 14 heavy (non-hydrogen) atoms. The Hall–Kier alpha value is 0.323. The SMILES string of the molecule is F[Si-2](F)(F)(F)(F)F.[Mg+2].[OH-].[OH-].[OH-].[OH-].[OH-].[OH-]. The van der Waals surface area contributed by atoms with Crippen molar-refractivity contribution in [2.75, 3.05) is 0 Å². The van der Waals surface area contributed by atoms with E-state index >= 15 is 0 Å². The van der Waals surface area contributed by atoms with Gasteiger partial charge in [-0.05, 0) is 0 Å². The number of hydrogen-bond acceptors (Lipinski definition) is 6. The van der Waals surface area contributed by atoms with Crippen LogP contribution in [0.3, 0.4) is 0 Å². The van der Waals surface area contributed by atoms with Gasteiger partial charge in [0.25, 0.3) is 0 Å². The molecule has 6 N–H and O–H groups in total. The molecule has 0 aromatic rings. The Kier molecular flexibility index (Phi) is 39.1. The first-order valence-electron chi connectivity index (χ1n) is 1.13. The minimum Gasteiger partial charge on any atom is -0.870 e. The third-order valence-electron chi connectivity index (χ3n) is 0. The average molecular weight is 268 g/mol. The quantitative estimate of drug-likeness (QED) is 0.354. The van der Waals surface area contributed by atoms with Crippen LogP contribution in [0.4, 0.5) is 24.6 Å². The largest absolute Gasteiger partial charge is 2.00 e. The molecule has 0 saturated heterocycles. The summed E-state index contributed by atoms with van der Waals surface area (Å²) in [6.07, 6.45) is 0. The Bertz CT molecular complexity index is 80.9. The number of rotatable bonds is 0. The molecule has 0 saturated carbocycles. The Balaban J connectivity index is -0.00000000857. The van der Waals surface area contributed by atoms with Crippen LogP contribution < -0.4 is 0 Å². The zero-order valence-corrected chi connectivity index (χ0v) is 8.57. The molecular weight excluding hydrogens is 262 g/mol. The first kappa shape index (κ1) is 63.6. The summed E-state index contributed by atoms with van der Waals surface area (Å²) in [5.41, 5.74) is 0. The van der Waals surface area contributed by atoms with E-state index in [2.05, 4.69) is 0 Å². The van der Waals surface area contributed by atoms with Gasteiger partial charge in [0.2, 0.25) is 0 Å². The van der Waals surface area contributed by atoms with E-state index in [0.717, 1.165) is 0 Å². The molecule has 0 aromatic heterocycles. The molecule has 0 rings (SSSR count). The van der Waals surface area contributed by atoms with E-state index < -0.39 is 8.63 Å². The second-order valence-electron chi connectivity index (χ2n) is 1.07. The Labute approximate surface area is 89.8 Å². The molecule has 0 unspecified atom stereocenters. The molecule has 0 radical (unpaired) electrons. The second kappa shape index (κ2) is 8.62. The molecule has 0 atom stereocenters. The van der Waals surface area contributed by atoms with Gasteiger partial charge in [0.15, 0.2) is 0 Å². The Morgan fingerprint density at radius 1 is 0.429 bits per heavy atom. The van der Waals surface area contributed by atoms with Gasteiger partial charge in [-0.3, -0.25) is 0 Å². The zero-order valence-electron chi connectivity index (χ0n) is 6.16. The molecule has 14 heteroatoms. The topological polar surface area (TPSA) is 180 Å². The van der Waals surface area contributed by atoms with Crippen LogP contribution in [0.5, 0.6) is 0 Å². The molecule has 0 amide bonds. The van der Waals surface area contributed by atoms with Crippen LogP contribution in [0, 0.1) is 0 Å². The molecule has 0 heterocycles. The molecule has 0 bridgehead atoms. The molecule has 96 valence electrons. The van der Waals surface area contributed by atoms with E-state index in [9.17, 15) is 24.6 Å². The van der Waals surface area contributed by atoms with Crippen LogP contribution in [0.15, 0.2) is 0 Å². The Morgan fingerprint density at radius 2 is 0.429 bits per heavy atom. The molecule has 0 fully saturated rings. The fraction of sp³-hybridized carbons (Fsp3) is 0. The molecule has 0 aliphatic heterocycles. The molecule has 0 spiro atoms. The summed E-state index contributed by atoms with van der Waals surface area (Å²) in [4.78, 5) is 0. The van der Waals surface area contributed by atoms with Gasteiger partial charge in [-0.15, -0.1) is 0 Å². The first-order valence-corrected chi connectivity index (χ1v) is 3.40. The number of halogens is 6. The van der Waals surface area contributed by atoms with Crippen molar-refractivity contribution in [1.82, 2.24) is 0 Å².